The Morgan fingerprint density at radius 3 is 2.67 bits per heavy atom. The average molecular weight is 252 g/mol. The fraction of sp³-hybridized carbons (Fsp3) is 0.500. The van der Waals surface area contributed by atoms with Gasteiger partial charge in [0, 0.05) is 13.1 Å². The summed E-state index contributed by atoms with van der Waals surface area (Å²) < 4.78 is 13.5. The summed E-state index contributed by atoms with van der Waals surface area (Å²) in [4.78, 5) is 14.0. The van der Waals surface area contributed by atoms with Gasteiger partial charge in [-0.1, -0.05) is 18.7 Å². The molecule has 1 heterocycles. The standard InChI is InChI=1S/C14H21FN2O/c1-3-7-13(15)12(4-2)14(18)16-8-11-17-9-5-6-10-17/h3-4,7H,1,5-6,8-11H2,2H3,(H,16,18)/b12-4+,13-7+. The second-order valence-electron chi connectivity index (χ2n) is 4.26. The van der Waals surface area contributed by atoms with Crippen LogP contribution in [-0.2, 0) is 4.79 Å². The van der Waals surface area contributed by atoms with Crippen LogP contribution in [0.2, 0.25) is 0 Å². The van der Waals surface area contributed by atoms with Gasteiger partial charge in [-0.05, 0) is 38.9 Å². The first-order valence-electron chi connectivity index (χ1n) is 6.34. The fourth-order valence-electron chi connectivity index (χ4n) is 2.00. The summed E-state index contributed by atoms with van der Waals surface area (Å²) in [7, 11) is 0. The number of carbonyl (C=O) groups is 1. The molecule has 0 aromatic carbocycles. The molecule has 0 aliphatic carbocycles. The van der Waals surface area contributed by atoms with E-state index in [2.05, 4.69) is 16.8 Å². The quantitative estimate of drug-likeness (QED) is 0.580. The third-order valence-electron chi connectivity index (χ3n) is 2.97. The predicted octanol–water partition coefficient (Wildman–Crippen LogP) is 2.18. The fourth-order valence-corrected chi connectivity index (χ4v) is 2.00. The van der Waals surface area contributed by atoms with Crippen molar-refractivity contribution < 1.29 is 9.18 Å². The lowest BCUT2D eigenvalue weighted by Crippen LogP contribution is -2.34. The van der Waals surface area contributed by atoms with Gasteiger partial charge in [0.25, 0.3) is 5.91 Å². The van der Waals surface area contributed by atoms with E-state index >= 15 is 0 Å². The Morgan fingerprint density at radius 1 is 1.44 bits per heavy atom. The molecule has 100 valence electrons. The van der Waals surface area contributed by atoms with Crippen molar-refractivity contribution in [1.82, 2.24) is 10.2 Å². The monoisotopic (exact) mass is 252 g/mol. The van der Waals surface area contributed by atoms with Gasteiger partial charge in [-0.25, -0.2) is 4.39 Å². The molecule has 0 unspecified atom stereocenters. The number of hydrogen-bond acceptors (Lipinski definition) is 2. The Morgan fingerprint density at radius 2 is 2.11 bits per heavy atom. The van der Waals surface area contributed by atoms with Crippen LogP contribution in [0.25, 0.3) is 0 Å². The third-order valence-corrected chi connectivity index (χ3v) is 2.97. The zero-order valence-electron chi connectivity index (χ0n) is 10.9. The Kier molecular flexibility index (Phi) is 6.36. The van der Waals surface area contributed by atoms with Gasteiger partial charge in [0.05, 0.1) is 5.57 Å². The van der Waals surface area contributed by atoms with E-state index in [1.165, 1.54) is 31.1 Å². The molecule has 1 aliphatic rings. The number of halogens is 1. The van der Waals surface area contributed by atoms with Crippen molar-refractivity contribution in [2.45, 2.75) is 19.8 Å². The number of rotatable bonds is 6. The number of allylic oxidation sites excluding steroid dienone is 3. The summed E-state index contributed by atoms with van der Waals surface area (Å²) in [6, 6.07) is 0. The van der Waals surface area contributed by atoms with Crippen LogP contribution in [0.15, 0.2) is 36.2 Å². The van der Waals surface area contributed by atoms with Crippen molar-refractivity contribution in [2.24, 2.45) is 0 Å². The van der Waals surface area contributed by atoms with Gasteiger partial charge in [0.2, 0.25) is 0 Å². The molecule has 4 heteroatoms. The number of carbonyl (C=O) groups excluding carboxylic acids is 1. The van der Waals surface area contributed by atoms with Gasteiger partial charge in [0.15, 0.2) is 0 Å². The Bertz CT molecular complexity index is 355. The second kappa shape index (κ2) is 7.82. The highest BCUT2D eigenvalue weighted by Gasteiger charge is 2.14. The summed E-state index contributed by atoms with van der Waals surface area (Å²) in [5, 5.41) is 2.74. The molecule has 1 aliphatic heterocycles. The Hall–Kier alpha value is -1.42. The van der Waals surface area contributed by atoms with Crippen molar-refractivity contribution in [2.75, 3.05) is 26.2 Å². The van der Waals surface area contributed by atoms with E-state index in [1.54, 1.807) is 6.92 Å². The molecule has 0 spiro atoms. The molecular formula is C14H21FN2O. The lowest BCUT2D eigenvalue weighted by Gasteiger charge is -2.15. The van der Waals surface area contributed by atoms with Crippen LogP contribution in [0, 0.1) is 0 Å². The minimum atomic E-state index is -0.550. The van der Waals surface area contributed by atoms with Gasteiger partial charge >= 0.3 is 0 Å². The van der Waals surface area contributed by atoms with Crippen molar-refractivity contribution in [3.05, 3.63) is 36.2 Å². The van der Waals surface area contributed by atoms with Gasteiger partial charge in [-0.15, -0.1) is 0 Å². The zero-order valence-corrected chi connectivity index (χ0v) is 10.9. The molecule has 1 N–H and O–H groups in total. The molecule has 0 atom stereocenters. The van der Waals surface area contributed by atoms with Crippen LogP contribution in [0.3, 0.4) is 0 Å². The van der Waals surface area contributed by atoms with Gasteiger partial charge in [-0.3, -0.25) is 4.79 Å². The van der Waals surface area contributed by atoms with E-state index in [9.17, 15) is 9.18 Å². The van der Waals surface area contributed by atoms with E-state index < -0.39 is 5.83 Å². The van der Waals surface area contributed by atoms with E-state index in [0.717, 1.165) is 19.6 Å². The minimum Gasteiger partial charge on any atom is -0.351 e. The first kappa shape index (κ1) is 14.6. The number of amides is 1. The summed E-state index contributed by atoms with van der Waals surface area (Å²) in [6.07, 6.45) is 6.45. The number of likely N-dealkylation sites (tertiary alicyclic amines) is 1. The molecule has 0 aromatic heterocycles. The van der Waals surface area contributed by atoms with E-state index in [-0.39, 0.29) is 11.5 Å². The number of nitrogens with one attached hydrogen (secondary N) is 1. The molecule has 0 bridgehead atoms. The number of nitrogens with zero attached hydrogens (tertiary/aromatic N) is 1. The van der Waals surface area contributed by atoms with Crippen molar-refractivity contribution >= 4 is 5.91 Å². The predicted molar refractivity (Wildman–Crippen MR) is 71.8 cm³/mol. The van der Waals surface area contributed by atoms with E-state index in [0.29, 0.717) is 6.54 Å². The average Bonchev–Trinajstić information content (AvgIpc) is 2.83. The first-order chi connectivity index (χ1) is 8.69. The van der Waals surface area contributed by atoms with Crippen LogP contribution >= 0.6 is 0 Å². The topological polar surface area (TPSA) is 32.3 Å². The maximum atomic E-state index is 13.5. The zero-order chi connectivity index (χ0) is 13.4. The van der Waals surface area contributed by atoms with Crippen LogP contribution in [0.1, 0.15) is 19.8 Å². The van der Waals surface area contributed by atoms with Gasteiger partial charge < -0.3 is 10.2 Å². The molecule has 1 amide bonds. The van der Waals surface area contributed by atoms with Gasteiger partial charge in [-0.2, -0.15) is 0 Å². The SMILES string of the molecule is C=C/C=C(F)\C(=C/C)C(=O)NCCN1CCCC1. The highest BCUT2D eigenvalue weighted by atomic mass is 19.1. The molecule has 3 nitrogen and oxygen atoms in total. The second-order valence-corrected chi connectivity index (χ2v) is 4.26. The minimum absolute atomic E-state index is 0.0660. The summed E-state index contributed by atoms with van der Waals surface area (Å²) >= 11 is 0. The smallest absolute Gasteiger partial charge is 0.253 e. The molecule has 0 saturated carbocycles. The van der Waals surface area contributed by atoms with Crippen molar-refractivity contribution in [3.63, 3.8) is 0 Å². The highest BCUT2D eigenvalue weighted by Crippen LogP contribution is 2.11. The highest BCUT2D eigenvalue weighted by molar-refractivity contribution is 5.97. The molecule has 0 aromatic rings. The first-order valence-corrected chi connectivity index (χ1v) is 6.34. The summed E-state index contributed by atoms with van der Waals surface area (Å²) in [5.74, 6) is -0.918. The summed E-state index contributed by atoms with van der Waals surface area (Å²) in [6.45, 7) is 8.62. The Labute approximate surface area is 108 Å². The van der Waals surface area contributed by atoms with Crippen molar-refractivity contribution in [3.8, 4) is 0 Å². The molecule has 0 radical (unpaired) electrons. The van der Waals surface area contributed by atoms with Crippen LogP contribution in [-0.4, -0.2) is 37.0 Å². The molecule has 18 heavy (non-hydrogen) atoms. The van der Waals surface area contributed by atoms with E-state index in [4.69, 9.17) is 0 Å². The van der Waals surface area contributed by atoms with Gasteiger partial charge in [0.1, 0.15) is 5.83 Å². The van der Waals surface area contributed by atoms with Crippen LogP contribution < -0.4 is 5.32 Å². The molecular weight excluding hydrogens is 231 g/mol. The van der Waals surface area contributed by atoms with Crippen molar-refractivity contribution in [1.29, 1.82) is 0 Å². The molecule has 1 fully saturated rings. The Balaban J connectivity index is 2.38. The lowest BCUT2D eigenvalue weighted by molar-refractivity contribution is -0.117. The molecule has 1 saturated heterocycles. The largest absolute Gasteiger partial charge is 0.351 e. The van der Waals surface area contributed by atoms with Crippen LogP contribution in [0.5, 0.6) is 0 Å². The normalized spacial score (nSPS) is 17.9. The summed E-state index contributed by atoms with van der Waals surface area (Å²) in [5.41, 5.74) is 0.0660. The number of hydrogen-bond donors (Lipinski definition) is 1. The maximum Gasteiger partial charge on any atom is 0.253 e. The maximum absolute atomic E-state index is 13.5. The molecule has 1 rings (SSSR count). The van der Waals surface area contributed by atoms with Crippen LogP contribution in [0.4, 0.5) is 4.39 Å². The van der Waals surface area contributed by atoms with E-state index in [1.807, 2.05) is 0 Å². The third kappa shape index (κ3) is 4.45. The lowest BCUT2D eigenvalue weighted by atomic mass is 10.2.